The zero-order chi connectivity index (χ0) is 7.28. The Morgan fingerprint density at radius 2 is 2.00 bits per heavy atom. The summed E-state index contributed by atoms with van der Waals surface area (Å²) in [6.07, 6.45) is -2.89. The summed E-state index contributed by atoms with van der Waals surface area (Å²) in [5, 5.41) is 0. The van der Waals surface area contributed by atoms with Gasteiger partial charge in [0.15, 0.2) is 6.17 Å². The monoisotopic (exact) mass is 138 g/mol. The van der Waals surface area contributed by atoms with Gasteiger partial charge in [0.1, 0.15) is 6.17 Å². The molecule has 0 saturated carbocycles. The summed E-state index contributed by atoms with van der Waals surface area (Å²) in [5.74, 6) is 0. The first-order valence-corrected chi connectivity index (χ1v) is 3.04. The maximum Gasteiger partial charge on any atom is 0.154 e. The van der Waals surface area contributed by atoms with Crippen LogP contribution in [0.4, 0.5) is 8.78 Å². The molecular formula is C6H12F2O. The Kier molecular flexibility index (Phi) is 4.58. The molecule has 0 aliphatic rings. The fraction of sp³-hybridized carbons (Fsp3) is 1.00. The molecule has 0 bridgehead atoms. The molecule has 0 saturated heterocycles. The fourth-order valence-corrected chi connectivity index (χ4v) is 0.363. The van der Waals surface area contributed by atoms with E-state index < -0.39 is 12.3 Å². The van der Waals surface area contributed by atoms with E-state index in [1.807, 2.05) is 0 Å². The molecule has 0 rings (SSSR count). The van der Waals surface area contributed by atoms with E-state index in [-0.39, 0.29) is 6.61 Å². The molecule has 0 heterocycles. The molecule has 0 amide bonds. The molecule has 0 N–H and O–H groups in total. The molecule has 0 fully saturated rings. The minimum atomic E-state index is -1.47. The average Bonchev–Trinajstić information content (AvgIpc) is 1.82. The molecule has 0 aliphatic carbocycles. The normalized spacial score (nSPS) is 17.3. The first kappa shape index (κ1) is 8.82. The Morgan fingerprint density at radius 1 is 1.44 bits per heavy atom. The third-order valence-electron chi connectivity index (χ3n) is 0.980. The van der Waals surface area contributed by atoms with Crippen LogP contribution in [-0.4, -0.2) is 25.6 Å². The highest BCUT2D eigenvalue weighted by Crippen LogP contribution is 2.02. The van der Waals surface area contributed by atoms with Crippen molar-refractivity contribution in [1.29, 1.82) is 0 Å². The molecule has 3 heteroatoms. The van der Waals surface area contributed by atoms with E-state index in [0.717, 1.165) is 0 Å². The predicted molar refractivity (Wildman–Crippen MR) is 32.0 cm³/mol. The second-order valence-corrected chi connectivity index (χ2v) is 1.85. The lowest BCUT2D eigenvalue weighted by Crippen LogP contribution is -2.19. The first-order valence-electron chi connectivity index (χ1n) is 3.04. The van der Waals surface area contributed by atoms with Gasteiger partial charge in [0.05, 0.1) is 6.61 Å². The zero-order valence-electron chi connectivity index (χ0n) is 5.73. The SMILES string of the molecule is CCOCC(F)C(C)F. The number of hydrogen-bond acceptors (Lipinski definition) is 1. The highest BCUT2D eigenvalue weighted by Gasteiger charge is 2.13. The van der Waals surface area contributed by atoms with Crippen molar-refractivity contribution in [3.63, 3.8) is 0 Å². The number of alkyl halides is 2. The van der Waals surface area contributed by atoms with Crippen LogP contribution < -0.4 is 0 Å². The van der Waals surface area contributed by atoms with E-state index in [1.165, 1.54) is 6.92 Å². The molecule has 2 unspecified atom stereocenters. The van der Waals surface area contributed by atoms with Crippen LogP contribution in [0.15, 0.2) is 0 Å². The molecule has 2 atom stereocenters. The quantitative estimate of drug-likeness (QED) is 0.574. The van der Waals surface area contributed by atoms with Crippen LogP contribution in [0.2, 0.25) is 0 Å². The van der Waals surface area contributed by atoms with Crippen LogP contribution in [-0.2, 0) is 4.74 Å². The van der Waals surface area contributed by atoms with Gasteiger partial charge in [-0.3, -0.25) is 0 Å². The third kappa shape index (κ3) is 4.33. The van der Waals surface area contributed by atoms with Gasteiger partial charge in [0, 0.05) is 6.61 Å². The van der Waals surface area contributed by atoms with Gasteiger partial charge in [-0.25, -0.2) is 8.78 Å². The number of hydrogen-bond donors (Lipinski definition) is 0. The Bertz CT molecular complexity index is 66.1. The Hall–Kier alpha value is -0.180. The lowest BCUT2D eigenvalue weighted by Gasteiger charge is -2.07. The van der Waals surface area contributed by atoms with Gasteiger partial charge in [-0.05, 0) is 13.8 Å². The Morgan fingerprint density at radius 3 is 2.33 bits per heavy atom. The van der Waals surface area contributed by atoms with Crippen molar-refractivity contribution in [3.05, 3.63) is 0 Å². The minimum absolute atomic E-state index is 0.131. The average molecular weight is 138 g/mol. The molecular weight excluding hydrogens is 126 g/mol. The van der Waals surface area contributed by atoms with Crippen molar-refractivity contribution in [2.75, 3.05) is 13.2 Å². The van der Waals surface area contributed by atoms with Crippen molar-refractivity contribution in [3.8, 4) is 0 Å². The largest absolute Gasteiger partial charge is 0.379 e. The maximum absolute atomic E-state index is 12.2. The van der Waals surface area contributed by atoms with Crippen LogP contribution in [0.3, 0.4) is 0 Å². The van der Waals surface area contributed by atoms with Gasteiger partial charge in [-0.15, -0.1) is 0 Å². The lowest BCUT2D eigenvalue weighted by molar-refractivity contribution is 0.0530. The first-order chi connectivity index (χ1) is 4.18. The van der Waals surface area contributed by atoms with Gasteiger partial charge in [-0.2, -0.15) is 0 Å². The molecule has 0 spiro atoms. The lowest BCUT2D eigenvalue weighted by atomic mass is 10.3. The van der Waals surface area contributed by atoms with E-state index in [1.54, 1.807) is 6.92 Å². The van der Waals surface area contributed by atoms with Gasteiger partial charge < -0.3 is 4.74 Å². The van der Waals surface area contributed by atoms with Gasteiger partial charge in [-0.1, -0.05) is 0 Å². The predicted octanol–water partition coefficient (Wildman–Crippen LogP) is 1.72. The van der Waals surface area contributed by atoms with E-state index in [0.29, 0.717) is 6.61 Å². The summed E-state index contributed by atoms with van der Waals surface area (Å²) >= 11 is 0. The van der Waals surface area contributed by atoms with Crippen LogP contribution in [0.25, 0.3) is 0 Å². The Balaban J connectivity index is 3.16. The molecule has 0 aromatic heterocycles. The summed E-state index contributed by atoms with van der Waals surface area (Å²) in [5.41, 5.74) is 0. The summed E-state index contributed by atoms with van der Waals surface area (Å²) in [7, 11) is 0. The summed E-state index contributed by atoms with van der Waals surface area (Å²) in [6.45, 7) is 3.24. The van der Waals surface area contributed by atoms with Gasteiger partial charge >= 0.3 is 0 Å². The van der Waals surface area contributed by atoms with Crippen molar-refractivity contribution in [2.45, 2.75) is 26.2 Å². The standard InChI is InChI=1S/C6H12F2O/c1-3-9-4-6(8)5(2)7/h5-6H,3-4H2,1-2H3. The van der Waals surface area contributed by atoms with Gasteiger partial charge in [0.25, 0.3) is 0 Å². The highest BCUT2D eigenvalue weighted by atomic mass is 19.2. The van der Waals surface area contributed by atoms with Gasteiger partial charge in [0.2, 0.25) is 0 Å². The van der Waals surface area contributed by atoms with E-state index in [2.05, 4.69) is 4.74 Å². The smallest absolute Gasteiger partial charge is 0.154 e. The van der Waals surface area contributed by atoms with Crippen LogP contribution in [0.1, 0.15) is 13.8 Å². The van der Waals surface area contributed by atoms with E-state index in [4.69, 9.17) is 0 Å². The molecule has 56 valence electrons. The Labute approximate surface area is 54.0 Å². The van der Waals surface area contributed by atoms with Crippen molar-refractivity contribution >= 4 is 0 Å². The molecule has 9 heavy (non-hydrogen) atoms. The van der Waals surface area contributed by atoms with Crippen LogP contribution in [0.5, 0.6) is 0 Å². The number of halogens is 2. The summed E-state index contributed by atoms with van der Waals surface area (Å²) in [6, 6.07) is 0. The molecule has 0 radical (unpaired) electrons. The van der Waals surface area contributed by atoms with Crippen molar-refractivity contribution in [2.24, 2.45) is 0 Å². The van der Waals surface area contributed by atoms with E-state index >= 15 is 0 Å². The highest BCUT2D eigenvalue weighted by molar-refractivity contribution is 4.60. The molecule has 0 aromatic carbocycles. The molecule has 1 nitrogen and oxygen atoms in total. The van der Waals surface area contributed by atoms with Crippen LogP contribution in [0, 0.1) is 0 Å². The topological polar surface area (TPSA) is 9.23 Å². The summed E-state index contributed by atoms with van der Waals surface area (Å²) < 4.78 is 28.8. The van der Waals surface area contributed by atoms with Crippen LogP contribution >= 0.6 is 0 Å². The zero-order valence-corrected chi connectivity index (χ0v) is 5.73. The molecule has 0 aliphatic heterocycles. The second-order valence-electron chi connectivity index (χ2n) is 1.85. The number of ether oxygens (including phenoxy) is 1. The van der Waals surface area contributed by atoms with E-state index in [9.17, 15) is 8.78 Å². The summed E-state index contributed by atoms with van der Waals surface area (Å²) in [4.78, 5) is 0. The van der Waals surface area contributed by atoms with Crippen molar-refractivity contribution < 1.29 is 13.5 Å². The minimum Gasteiger partial charge on any atom is -0.379 e. The second kappa shape index (κ2) is 4.68. The third-order valence-corrected chi connectivity index (χ3v) is 0.980. The fourth-order valence-electron chi connectivity index (χ4n) is 0.363. The number of rotatable bonds is 4. The maximum atomic E-state index is 12.2. The molecule has 0 aromatic rings. The van der Waals surface area contributed by atoms with Crippen molar-refractivity contribution in [1.82, 2.24) is 0 Å².